The molecular weight excluding hydrogens is 544 g/mol. The second kappa shape index (κ2) is 24.6. The molecule has 0 bridgehead atoms. The van der Waals surface area contributed by atoms with Crippen LogP contribution in [0.25, 0.3) is 0 Å². The molecule has 10 nitrogen and oxygen atoms in total. The van der Waals surface area contributed by atoms with Crippen molar-refractivity contribution in [3.05, 3.63) is 24.3 Å². The average Bonchev–Trinajstić information content (AvgIpc) is 2.98. The molecule has 1 saturated heterocycles. The Labute approximate surface area is 252 Å². The highest BCUT2D eigenvalue weighted by Gasteiger charge is 2.44. The Hall–Kier alpha value is -1.82. The first kappa shape index (κ1) is 38.2. The summed E-state index contributed by atoms with van der Waals surface area (Å²) in [6, 6.07) is 0. The molecule has 1 fully saturated rings. The van der Waals surface area contributed by atoms with Gasteiger partial charge in [0.05, 0.1) is 13.2 Å². The lowest BCUT2D eigenvalue weighted by atomic mass is 9.99. The Balaban J connectivity index is 2.36. The van der Waals surface area contributed by atoms with Crippen LogP contribution >= 0.6 is 0 Å². The van der Waals surface area contributed by atoms with Crippen molar-refractivity contribution in [2.45, 2.75) is 147 Å². The number of carbonyl (C=O) groups is 2. The highest BCUT2D eigenvalue weighted by atomic mass is 16.7. The first-order valence-electron chi connectivity index (χ1n) is 15.9. The molecule has 1 aliphatic rings. The van der Waals surface area contributed by atoms with E-state index in [2.05, 4.69) is 31.2 Å². The van der Waals surface area contributed by atoms with Gasteiger partial charge in [-0.25, -0.2) is 0 Å². The van der Waals surface area contributed by atoms with Gasteiger partial charge in [-0.15, -0.1) is 0 Å². The van der Waals surface area contributed by atoms with Crippen molar-refractivity contribution in [1.82, 2.24) is 0 Å². The Morgan fingerprint density at radius 3 is 2.02 bits per heavy atom. The number of hydrogen-bond acceptors (Lipinski definition) is 10. The number of ether oxygens (including phenoxy) is 4. The lowest BCUT2D eigenvalue weighted by Gasteiger charge is -2.39. The van der Waals surface area contributed by atoms with E-state index >= 15 is 0 Å². The molecule has 0 radical (unpaired) electrons. The van der Waals surface area contributed by atoms with Crippen LogP contribution in [0.3, 0.4) is 0 Å². The smallest absolute Gasteiger partial charge is 0.306 e. The number of hydrogen-bond donors (Lipinski definition) is 4. The molecule has 0 aliphatic carbocycles. The number of carbonyl (C=O) groups excluding carboxylic acids is 2. The molecule has 0 aromatic heterocycles. The first-order chi connectivity index (χ1) is 20.3. The average molecular weight is 601 g/mol. The number of aliphatic hydroxyl groups excluding tert-OH is 4. The van der Waals surface area contributed by atoms with Crippen LogP contribution in [0.15, 0.2) is 24.3 Å². The van der Waals surface area contributed by atoms with Gasteiger partial charge in [-0.1, -0.05) is 76.7 Å². The van der Waals surface area contributed by atoms with Crippen LogP contribution in [0.2, 0.25) is 0 Å². The maximum atomic E-state index is 12.5. The van der Waals surface area contributed by atoms with Gasteiger partial charge in [0.15, 0.2) is 12.4 Å². The second-order valence-corrected chi connectivity index (χ2v) is 10.9. The van der Waals surface area contributed by atoms with Crippen molar-refractivity contribution in [2.75, 3.05) is 19.8 Å². The molecule has 1 rings (SSSR count). The molecule has 0 aromatic rings. The van der Waals surface area contributed by atoms with E-state index in [1.54, 1.807) is 0 Å². The van der Waals surface area contributed by atoms with Crippen LogP contribution in [0.5, 0.6) is 0 Å². The third-order valence-electron chi connectivity index (χ3n) is 7.09. The van der Waals surface area contributed by atoms with Gasteiger partial charge < -0.3 is 39.4 Å². The number of esters is 2. The zero-order valence-corrected chi connectivity index (χ0v) is 25.7. The molecule has 4 N–H and O–H groups in total. The van der Waals surface area contributed by atoms with Gasteiger partial charge in [0.1, 0.15) is 31.0 Å². The molecule has 10 heteroatoms. The van der Waals surface area contributed by atoms with Crippen molar-refractivity contribution in [2.24, 2.45) is 0 Å². The third kappa shape index (κ3) is 17.3. The summed E-state index contributed by atoms with van der Waals surface area (Å²) in [5.74, 6) is -0.868. The monoisotopic (exact) mass is 600 g/mol. The molecule has 244 valence electrons. The van der Waals surface area contributed by atoms with Gasteiger partial charge in [0, 0.05) is 12.8 Å². The molecule has 0 amide bonds. The van der Waals surface area contributed by atoms with Gasteiger partial charge in [-0.05, 0) is 44.9 Å². The molecule has 42 heavy (non-hydrogen) atoms. The first-order valence-corrected chi connectivity index (χ1v) is 15.9. The zero-order chi connectivity index (χ0) is 31.0. The fraction of sp³-hybridized carbons (Fsp3) is 0.812. The van der Waals surface area contributed by atoms with Gasteiger partial charge >= 0.3 is 11.9 Å². The SMILES string of the molecule is CCCCC/C=C\C/C=C\CCCCCCCC(=O)OC(COC(=O)CCCC)COC1OC(CO)C(O)C(O)C1O. The number of unbranched alkanes of at least 4 members (excludes halogenated alkanes) is 9. The largest absolute Gasteiger partial charge is 0.462 e. The van der Waals surface area contributed by atoms with Crippen LogP contribution < -0.4 is 0 Å². The fourth-order valence-electron chi connectivity index (χ4n) is 4.43. The molecule has 0 spiro atoms. The Kier molecular flexibility index (Phi) is 22.4. The molecule has 1 heterocycles. The van der Waals surface area contributed by atoms with Crippen molar-refractivity contribution >= 4 is 11.9 Å². The molecule has 0 aromatic carbocycles. The van der Waals surface area contributed by atoms with Gasteiger partial charge in [0.2, 0.25) is 0 Å². The Morgan fingerprint density at radius 1 is 0.738 bits per heavy atom. The van der Waals surface area contributed by atoms with E-state index in [0.717, 1.165) is 51.4 Å². The maximum absolute atomic E-state index is 12.5. The number of aliphatic hydroxyl groups is 4. The standard InChI is InChI=1S/C32H56O10/c1-3-5-7-8-9-10-11-12-13-14-15-16-17-18-19-21-28(35)41-25(23-39-27(34)20-6-4-2)24-40-32-31(38)30(37)29(36)26(22-33)42-32/h9-10,12-13,25-26,29-33,36-38H,3-8,11,14-24H2,1-2H3/b10-9-,13-12-. The zero-order valence-electron chi connectivity index (χ0n) is 25.7. The normalized spacial score (nSPS) is 23.4. The fourth-order valence-corrected chi connectivity index (χ4v) is 4.43. The van der Waals surface area contributed by atoms with Crippen LogP contribution in [0, 0.1) is 0 Å². The van der Waals surface area contributed by atoms with E-state index < -0.39 is 55.4 Å². The minimum Gasteiger partial charge on any atom is -0.462 e. The number of rotatable bonds is 24. The summed E-state index contributed by atoms with van der Waals surface area (Å²) < 4.78 is 21.6. The quantitative estimate of drug-likeness (QED) is 0.0718. The van der Waals surface area contributed by atoms with Crippen molar-refractivity contribution < 1.29 is 49.0 Å². The minimum absolute atomic E-state index is 0.213. The Bertz CT molecular complexity index is 754. The van der Waals surface area contributed by atoms with Crippen LogP contribution in [-0.2, 0) is 28.5 Å². The Morgan fingerprint density at radius 2 is 1.36 bits per heavy atom. The highest BCUT2D eigenvalue weighted by molar-refractivity contribution is 5.70. The van der Waals surface area contributed by atoms with Crippen LogP contribution in [0.1, 0.15) is 110 Å². The molecule has 6 atom stereocenters. The third-order valence-corrected chi connectivity index (χ3v) is 7.09. The lowest BCUT2D eigenvalue weighted by molar-refractivity contribution is -0.305. The van der Waals surface area contributed by atoms with Crippen molar-refractivity contribution in [1.29, 1.82) is 0 Å². The topological polar surface area (TPSA) is 152 Å². The van der Waals surface area contributed by atoms with Gasteiger partial charge in [0.25, 0.3) is 0 Å². The molecular formula is C32H56O10. The summed E-state index contributed by atoms with van der Waals surface area (Å²) >= 11 is 0. The second-order valence-electron chi connectivity index (χ2n) is 10.9. The lowest BCUT2D eigenvalue weighted by Crippen LogP contribution is -2.59. The summed E-state index contributed by atoms with van der Waals surface area (Å²) in [6.07, 6.45) is 14.6. The summed E-state index contributed by atoms with van der Waals surface area (Å²) in [5.41, 5.74) is 0. The van der Waals surface area contributed by atoms with E-state index in [4.69, 9.17) is 18.9 Å². The minimum atomic E-state index is -1.59. The van der Waals surface area contributed by atoms with Crippen LogP contribution in [-0.4, -0.2) is 89.0 Å². The van der Waals surface area contributed by atoms with E-state index in [0.29, 0.717) is 12.8 Å². The predicted molar refractivity (Wildman–Crippen MR) is 159 cm³/mol. The number of allylic oxidation sites excluding steroid dienone is 4. The van der Waals surface area contributed by atoms with Gasteiger partial charge in [-0.2, -0.15) is 0 Å². The molecule has 1 aliphatic heterocycles. The van der Waals surface area contributed by atoms with Gasteiger partial charge in [-0.3, -0.25) is 9.59 Å². The van der Waals surface area contributed by atoms with Crippen molar-refractivity contribution in [3.63, 3.8) is 0 Å². The maximum Gasteiger partial charge on any atom is 0.306 e. The summed E-state index contributed by atoms with van der Waals surface area (Å²) in [5, 5.41) is 39.5. The van der Waals surface area contributed by atoms with E-state index in [1.165, 1.54) is 19.3 Å². The van der Waals surface area contributed by atoms with E-state index in [1.807, 2.05) is 6.92 Å². The van der Waals surface area contributed by atoms with E-state index in [-0.39, 0.29) is 26.1 Å². The molecule has 0 saturated carbocycles. The summed E-state index contributed by atoms with van der Waals surface area (Å²) in [7, 11) is 0. The predicted octanol–water partition coefficient (Wildman–Crippen LogP) is 4.26. The van der Waals surface area contributed by atoms with Crippen LogP contribution in [0.4, 0.5) is 0 Å². The molecule has 6 unspecified atom stereocenters. The summed E-state index contributed by atoms with van der Waals surface area (Å²) in [4.78, 5) is 24.5. The van der Waals surface area contributed by atoms with E-state index in [9.17, 15) is 30.0 Å². The summed E-state index contributed by atoms with van der Waals surface area (Å²) in [6.45, 7) is 3.07. The van der Waals surface area contributed by atoms with Crippen molar-refractivity contribution in [3.8, 4) is 0 Å². The highest BCUT2D eigenvalue weighted by Crippen LogP contribution is 2.22.